The second-order valence-corrected chi connectivity index (χ2v) is 7.35. The van der Waals surface area contributed by atoms with Gasteiger partial charge in [0.25, 0.3) is 0 Å². The van der Waals surface area contributed by atoms with Gasteiger partial charge in [0, 0.05) is 31.2 Å². The van der Waals surface area contributed by atoms with Crippen LogP contribution in [0.25, 0.3) is 0 Å². The summed E-state index contributed by atoms with van der Waals surface area (Å²) < 4.78 is 11.3. The van der Waals surface area contributed by atoms with Gasteiger partial charge in [-0.3, -0.25) is 0 Å². The number of guanidine groups is 1. The quantitative estimate of drug-likeness (QED) is 0.165. The van der Waals surface area contributed by atoms with Gasteiger partial charge in [0.05, 0.1) is 19.3 Å². The van der Waals surface area contributed by atoms with Crippen LogP contribution in [0.4, 0.5) is 0 Å². The van der Waals surface area contributed by atoms with E-state index in [4.69, 9.17) is 14.5 Å². The SMILES string of the molecule is CCNC(=NCc1ccc(C)cc1SC)NCCCOCC1CCCO1.I. The van der Waals surface area contributed by atoms with E-state index in [9.17, 15) is 0 Å². The largest absolute Gasteiger partial charge is 0.379 e. The van der Waals surface area contributed by atoms with Crippen molar-refractivity contribution in [3.63, 3.8) is 0 Å². The minimum absolute atomic E-state index is 0. The smallest absolute Gasteiger partial charge is 0.191 e. The number of hydrogen-bond donors (Lipinski definition) is 2. The van der Waals surface area contributed by atoms with Crippen LogP contribution in [0.5, 0.6) is 0 Å². The van der Waals surface area contributed by atoms with Crippen molar-refractivity contribution < 1.29 is 9.47 Å². The number of nitrogens with one attached hydrogen (secondary N) is 2. The van der Waals surface area contributed by atoms with Gasteiger partial charge in [0.1, 0.15) is 0 Å². The molecule has 0 aliphatic carbocycles. The maximum absolute atomic E-state index is 5.70. The summed E-state index contributed by atoms with van der Waals surface area (Å²) in [7, 11) is 0. The monoisotopic (exact) mass is 507 g/mol. The van der Waals surface area contributed by atoms with E-state index in [0.29, 0.717) is 12.6 Å². The van der Waals surface area contributed by atoms with Crippen molar-refractivity contribution in [3.8, 4) is 0 Å². The number of aliphatic imine (C=N–C) groups is 1. The molecule has 1 fully saturated rings. The lowest BCUT2D eigenvalue weighted by molar-refractivity contribution is 0.0168. The van der Waals surface area contributed by atoms with Crippen LogP contribution in [-0.2, 0) is 16.0 Å². The lowest BCUT2D eigenvalue weighted by Gasteiger charge is -2.13. The first-order chi connectivity index (χ1) is 12.7. The highest BCUT2D eigenvalue weighted by molar-refractivity contribution is 14.0. The molecule has 0 amide bonds. The average Bonchev–Trinajstić information content (AvgIpc) is 3.16. The van der Waals surface area contributed by atoms with Gasteiger partial charge in [-0.1, -0.05) is 12.1 Å². The molecular formula is C20H34IN3O2S. The zero-order chi connectivity index (χ0) is 18.6. The van der Waals surface area contributed by atoms with Gasteiger partial charge in [0.2, 0.25) is 0 Å². The highest BCUT2D eigenvalue weighted by Crippen LogP contribution is 2.22. The molecule has 1 atom stereocenters. The summed E-state index contributed by atoms with van der Waals surface area (Å²) in [6.45, 7) is 8.95. The molecule has 0 aromatic heterocycles. The zero-order valence-electron chi connectivity index (χ0n) is 16.8. The standard InChI is InChI=1S/C20H33N3O2S.HI/c1-4-21-20(22-10-6-11-24-15-18-7-5-12-25-18)23-14-17-9-8-16(2)13-19(17)26-3;/h8-9,13,18H,4-7,10-12,14-15H2,1-3H3,(H2,21,22,23);1H. The Hall–Kier alpha value is -0.510. The van der Waals surface area contributed by atoms with Crippen LogP contribution in [0.2, 0.25) is 0 Å². The Morgan fingerprint density at radius 2 is 2.22 bits per heavy atom. The third-order valence-corrected chi connectivity index (χ3v) is 5.10. The third-order valence-electron chi connectivity index (χ3n) is 4.28. The first-order valence-corrected chi connectivity index (χ1v) is 10.8. The lowest BCUT2D eigenvalue weighted by Crippen LogP contribution is -2.38. The molecule has 0 spiro atoms. The first-order valence-electron chi connectivity index (χ1n) is 9.58. The molecule has 1 aromatic rings. The molecule has 1 aliphatic heterocycles. The Morgan fingerprint density at radius 3 is 2.93 bits per heavy atom. The second-order valence-electron chi connectivity index (χ2n) is 6.50. The Labute approximate surface area is 185 Å². The van der Waals surface area contributed by atoms with Gasteiger partial charge in [-0.25, -0.2) is 4.99 Å². The van der Waals surface area contributed by atoms with E-state index in [1.165, 1.54) is 16.0 Å². The lowest BCUT2D eigenvalue weighted by atomic mass is 10.1. The molecule has 1 aliphatic rings. The molecule has 154 valence electrons. The van der Waals surface area contributed by atoms with Crippen molar-refractivity contribution in [3.05, 3.63) is 29.3 Å². The van der Waals surface area contributed by atoms with Gasteiger partial charge in [0.15, 0.2) is 5.96 Å². The summed E-state index contributed by atoms with van der Waals surface area (Å²) in [6.07, 6.45) is 5.67. The summed E-state index contributed by atoms with van der Waals surface area (Å²) in [6, 6.07) is 6.55. The van der Waals surface area contributed by atoms with Crippen molar-refractivity contribution in [1.82, 2.24) is 10.6 Å². The summed E-state index contributed by atoms with van der Waals surface area (Å²) >= 11 is 1.78. The molecule has 27 heavy (non-hydrogen) atoms. The fourth-order valence-corrected chi connectivity index (χ4v) is 3.56. The van der Waals surface area contributed by atoms with Crippen LogP contribution in [0.1, 0.15) is 37.3 Å². The fraction of sp³-hybridized carbons (Fsp3) is 0.650. The van der Waals surface area contributed by atoms with Crippen molar-refractivity contribution in [2.45, 2.75) is 50.7 Å². The summed E-state index contributed by atoms with van der Waals surface area (Å²) in [5, 5.41) is 6.70. The van der Waals surface area contributed by atoms with Crippen LogP contribution in [-0.4, -0.2) is 51.2 Å². The molecule has 0 saturated carbocycles. The Morgan fingerprint density at radius 1 is 1.37 bits per heavy atom. The molecule has 1 heterocycles. The fourth-order valence-electron chi connectivity index (χ4n) is 2.86. The number of thioether (sulfide) groups is 1. The van der Waals surface area contributed by atoms with Crippen LogP contribution >= 0.6 is 35.7 Å². The molecular weight excluding hydrogens is 473 g/mol. The van der Waals surface area contributed by atoms with Crippen molar-refractivity contribution in [2.75, 3.05) is 39.2 Å². The van der Waals surface area contributed by atoms with Crippen molar-refractivity contribution in [2.24, 2.45) is 4.99 Å². The number of halogens is 1. The summed E-state index contributed by atoms with van der Waals surface area (Å²) in [4.78, 5) is 6.02. The van der Waals surface area contributed by atoms with Crippen LogP contribution in [0, 0.1) is 6.92 Å². The molecule has 0 bridgehead atoms. The van der Waals surface area contributed by atoms with Gasteiger partial charge >= 0.3 is 0 Å². The number of hydrogen-bond acceptors (Lipinski definition) is 4. The van der Waals surface area contributed by atoms with Gasteiger partial charge in [-0.2, -0.15) is 0 Å². The second kappa shape index (κ2) is 14.5. The minimum Gasteiger partial charge on any atom is -0.379 e. The third kappa shape index (κ3) is 9.49. The number of ether oxygens (including phenoxy) is 2. The minimum atomic E-state index is 0. The predicted molar refractivity (Wildman–Crippen MR) is 126 cm³/mol. The predicted octanol–water partition coefficient (Wildman–Crippen LogP) is 3.98. The molecule has 5 nitrogen and oxygen atoms in total. The van der Waals surface area contributed by atoms with Gasteiger partial charge in [-0.05, 0) is 56.6 Å². The Balaban J connectivity index is 0.00000364. The first kappa shape index (κ1) is 24.5. The van der Waals surface area contributed by atoms with Crippen LogP contribution in [0.3, 0.4) is 0 Å². The molecule has 7 heteroatoms. The Bertz CT molecular complexity index is 566. The van der Waals surface area contributed by atoms with Crippen molar-refractivity contribution >= 4 is 41.7 Å². The van der Waals surface area contributed by atoms with E-state index < -0.39 is 0 Å². The van der Waals surface area contributed by atoms with E-state index in [2.05, 4.69) is 48.9 Å². The van der Waals surface area contributed by atoms with E-state index in [0.717, 1.165) is 58.1 Å². The van der Waals surface area contributed by atoms with Crippen molar-refractivity contribution in [1.29, 1.82) is 0 Å². The normalized spacial score (nSPS) is 16.9. The number of nitrogens with zero attached hydrogens (tertiary/aromatic N) is 1. The molecule has 2 N–H and O–H groups in total. The maximum atomic E-state index is 5.70. The molecule has 1 aromatic carbocycles. The van der Waals surface area contributed by atoms with Crippen LogP contribution in [0.15, 0.2) is 28.1 Å². The average molecular weight is 507 g/mol. The molecule has 2 rings (SSSR count). The van der Waals surface area contributed by atoms with Crippen LogP contribution < -0.4 is 10.6 Å². The number of aryl methyl sites for hydroxylation is 1. The Kier molecular flexibility index (Phi) is 13.2. The molecule has 1 saturated heterocycles. The number of rotatable bonds is 10. The number of benzene rings is 1. The van der Waals surface area contributed by atoms with E-state index in [1.54, 1.807) is 11.8 Å². The van der Waals surface area contributed by atoms with E-state index >= 15 is 0 Å². The topological polar surface area (TPSA) is 54.9 Å². The maximum Gasteiger partial charge on any atom is 0.191 e. The van der Waals surface area contributed by atoms with Gasteiger partial charge in [-0.15, -0.1) is 35.7 Å². The molecule has 0 radical (unpaired) electrons. The summed E-state index contributed by atoms with van der Waals surface area (Å²) in [5.74, 6) is 0.860. The summed E-state index contributed by atoms with van der Waals surface area (Å²) in [5.41, 5.74) is 2.55. The van der Waals surface area contributed by atoms with E-state index in [-0.39, 0.29) is 24.0 Å². The highest BCUT2D eigenvalue weighted by Gasteiger charge is 2.14. The van der Waals surface area contributed by atoms with Gasteiger partial charge < -0.3 is 20.1 Å². The highest BCUT2D eigenvalue weighted by atomic mass is 127. The van der Waals surface area contributed by atoms with E-state index in [1.807, 2.05) is 0 Å². The zero-order valence-corrected chi connectivity index (χ0v) is 19.9. The molecule has 1 unspecified atom stereocenters.